The standard InChI is InChI=1S/C28H20N8O5/c1-29-22-14-32-36(28-30-10-3-11-31-28)25(22)35-34-23-20-9-6-17(27(40)41-2)12-18(20)13-21(24(23)38)26(39)33-19-7-4-16(15-37)5-8-19/h3-14,37-38H,15H2,2H3,(H,33,39)/b35-34+. The molecule has 13 heteroatoms. The smallest absolute Gasteiger partial charge is 0.337 e. The number of fused-ring (bicyclic) bond motifs is 1. The van der Waals surface area contributed by atoms with Crippen LogP contribution in [0.1, 0.15) is 26.3 Å². The van der Waals surface area contributed by atoms with Gasteiger partial charge in [0.2, 0.25) is 0 Å². The molecule has 0 radical (unpaired) electrons. The van der Waals surface area contributed by atoms with E-state index in [-0.39, 0.29) is 40.9 Å². The van der Waals surface area contributed by atoms with Gasteiger partial charge in [0, 0.05) is 23.5 Å². The Bertz CT molecular complexity index is 1840. The predicted molar refractivity (Wildman–Crippen MR) is 147 cm³/mol. The number of hydrogen-bond acceptors (Lipinski definition) is 10. The number of amides is 1. The number of ether oxygens (including phenoxy) is 1. The van der Waals surface area contributed by atoms with Crippen LogP contribution in [0.5, 0.6) is 5.75 Å². The van der Waals surface area contributed by atoms with E-state index < -0.39 is 17.6 Å². The Hall–Kier alpha value is -6.00. The zero-order valence-electron chi connectivity index (χ0n) is 21.4. The van der Waals surface area contributed by atoms with Gasteiger partial charge in [0.05, 0.1) is 37.6 Å². The Kier molecular flexibility index (Phi) is 7.39. The predicted octanol–water partition coefficient (Wildman–Crippen LogP) is 5.02. The maximum Gasteiger partial charge on any atom is 0.337 e. The van der Waals surface area contributed by atoms with Gasteiger partial charge in [0.25, 0.3) is 17.5 Å². The lowest BCUT2D eigenvalue weighted by atomic mass is 10.0. The number of azo groups is 1. The minimum atomic E-state index is -0.661. The highest BCUT2D eigenvalue weighted by Crippen LogP contribution is 2.41. The van der Waals surface area contributed by atoms with Crippen LogP contribution in [0.25, 0.3) is 21.6 Å². The number of carbonyl (C=O) groups is 2. The number of hydrogen-bond donors (Lipinski definition) is 3. The molecule has 0 fully saturated rings. The normalized spacial score (nSPS) is 11.0. The van der Waals surface area contributed by atoms with Crippen LogP contribution in [0.4, 0.5) is 22.9 Å². The van der Waals surface area contributed by atoms with E-state index in [2.05, 4.69) is 35.5 Å². The minimum Gasteiger partial charge on any atom is -0.505 e. The molecule has 0 aliphatic heterocycles. The van der Waals surface area contributed by atoms with Crippen LogP contribution in [0.15, 0.2) is 83.4 Å². The Balaban J connectivity index is 1.64. The number of aromatic nitrogens is 4. The van der Waals surface area contributed by atoms with Crippen LogP contribution in [-0.2, 0) is 11.3 Å². The number of phenolic OH excluding ortho intramolecular Hbond substituents is 1. The fourth-order valence-electron chi connectivity index (χ4n) is 3.94. The molecule has 0 saturated carbocycles. The van der Waals surface area contributed by atoms with Crippen LogP contribution < -0.4 is 5.32 Å². The summed E-state index contributed by atoms with van der Waals surface area (Å²) in [5.74, 6) is -1.59. The van der Waals surface area contributed by atoms with Crippen molar-refractivity contribution in [3.8, 4) is 11.7 Å². The second-order valence-electron chi connectivity index (χ2n) is 8.48. The number of nitrogens with zero attached hydrogens (tertiary/aromatic N) is 7. The molecule has 3 aromatic carbocycles. The Morgan fingerprint density at radius 2 is 1.85 bits per heavy atom. The summed E-state index contributed by atoms with van der Waals surface area (Å²) in [6.07, 6.45) is 4.28. The Labute approximate surface area is 232 Å². The summed E-state index contributed by atoms with van der Waals surface area (Å²) in [6.45, 7) is 7.34. The third-order valence-electron chi connectivity index (χ3n) is 5.98. The average Bonchev–Trinajstić information content (AvgIpc) is 3.43. The summed E-state index contributed by atoms with van der Waals surface area (Å²) < 4.78 is 6.04. The number of anilines is 1. The van der Waals surface area contributed by atoms with E-state index in [0.29, 0.717) is 22.0 Å². The Morgan fingerprint density at radius 1 is 1.10 bits per heavy atom. The number of aromatic hydroxyl groups is 1. The lowest BCUT2D eigenvalue weighted by Gasteiger charge is -2.12. The van der Waals surface area contributed by atoms with Crippen molar-refractivity contribution < 1.29 is 24.5 Å². The highest BCUT2D eigenvalue weighted by Gasteiger charge is 2.21. The topological polar surface area (TPSA) is 169 Å². The first-order valence-corrected chi connectivity index (χ1v) is 12.0. The van der Waals surface area contributed by atoms with E-state index in [0.717, 1.165) is 0 Å². The van der Waals surface area contributed by atoms with Crippen LogP contribution in [0, 0.1) is 6.57 Å². The summed E-state index contributed by atoms with van der Waals surface area (Å²) in [5, 5.41) is 36.5. The van der Waals surface area contributed by atoms with Gasteiger partial charge in [0.15, 0.2) is 11.6 Å². The second-order valence-corrected chi connectivity index (χ2v) is 8.48. The molecule has 0 spiro atoms. The number of carbonyl (C=O) groups excluding carboxylic acids is 2. The van der Waals surface area contributed by atoms with Crippen molar-refractivity contribution in [1.82, 2.24) is 19.7 Å². The lowest BCUT2D eigenvalue weighted by molar-refractivity contribution is 0.0600. The van der Waals surface area contributed by atoms with Gasteiger partial charge in [-0.1, -0.05) is 18.2 Å². The number of aliphatic hydroxyl groups excluding tert-OH is 1. The summed E-state index contributed by atoms with van der Waals surface area (Å²) in [6, 6.07) is 14.1. The Morgan fingerprint density at radius 3 is 2.54 bits per heavy atom. The molecule has 0 aliphatic carbocycles. The van der Waals surface area contributed by atoms with Crippen molar-refractivity contribution in [2.75, 3.05) is 12.4 Å². The average molecular weight is 549 g/mol. The van der Waals surface area contributed by atoms with Gasteiger partial charge in [-0.3, -0.25) is 4.79 Å². The molecular formula is C28H20N8O5. The molecule has 2 aromatic heterocycles. The molecule has 0 unspecified atom stereocenters. The van der Waals surface area contributed by atoms with Crippen molar-refractivity contribution in [3.63, 3.8) is 0 Å². The third kappa shape index (κ3) is 5.31. The van der Waals surface area contributed by atoms with E-state index in [4.69, 9.17) is 11.3 Å². The van der Waals surface area contributed by atoms with Crippen LogP contribution >= 0.6 is 0 Å². The number of rotatable bonds is 7. The number of phenols is 1. The molecule has 5 aromatic rings. The van der Waals surface area contributed by atoms with Crippen molar-refractivity contribution in [2.45, 2.75) is 6.61 Å². The van der Waals surface area contributed by atoms with Gasteiger partial charge < -0.3 is 20.3 Å². The zero-order chi connectivity index (χ0) is 28.9. The maximum absolute atomic E-state index is 13.3. The summed E-state index contributed by atoms with van der Waals surface area (Å²) in [4.78, 5) is 37.1. The number of methoxy groups -OCH3 is 1. The number of nitrogens with one attached hydrogen (secondary N) is 1. The number of esters is 1. The van der Waals surface area contributed by atoms with E-state index in [1.54, 1.807) is 36.4 Å². The van der Waals surface area contributed by atoms with Crippen LogP contribution in [0.3, 0.4) is 0 Å². The molecule has 0 aliphatic rings. The lowest BCUT2D eigenvalue weighted by Crippen LogP contribution is -2.12. The first-order valence-electron chi connectivity index (χ1n) is 12.0. The minimum absolute atomic E-state index is 0.00348. The highest BCUT2D eigenvalue weighted by atomic mass is 16.5. The monoisotopic (exact) mass is 548 g/mol. The molecular weight excluding hydrogens is 528 g/mol. The maximum atomic E-state index is 13.3. The molecule has 1 amide bonds. The molecule has 41 heavy (non-hydrogen) atoms. The molecule has 13 nitrogen and oxygen atoms in total. The third-order valence-corrected chi connectivity index (χ3v) is 5.98. The van der Waals surface area contributed by atoms with Crippen LogP contribution in [-0.4, -0.2) is 48.9 Å². The van der Waals surface area contributed by atoms with Gasteiger partial charge >= 0.3 is 5.97 Å². The summed E-state index contributed by atoms with van der Waals surface area (Å²) >= 11 is 0. The largest absolute Gasteiger partial charge is 0.505 e. The fourth-order valence-corrected chi connectivity index (χ4v) is 3.94. The molecule has 0 bridgehead atoms. The van der Waals surface area contributed by atoms with Gasteiger partial charge in [0.1, 0.15) is 5.69 Å². The first kappa shape index (κ1) is 26.6. The molecule has 3 N–H and O–H groups in total. The van der Waals surface area contributed by atoms with E-state index in [9.17, 15) is 19.8 Å². The van der Waals surface area contributed by atoms with E-state index >= 15 is 0 Å². The van der Waals surface area contributed by atoms with Gasteiger partial charge in [-0.2, -0.15) is 9.78 Å². The zero-order valence-corrected chi connectivity index (χ0v) is 21.4. The fraction of sp³-hybridized carbons (Fsp3) is 0.0714. The first-order chi connectivity index (χ1) is 19.9. The highest BCUT2D eigenvalue weighted by molar-refractivity contribution is 6.12. The SMILES string of the molecule is [C-]#[N+]c1cnn(-c2ncccn2)c1/N=N/c1c(O)c(C(=O)Nc2ccc(CO)cc2)cc2cc(C(=O)OC)ccc12. The second kappa shape index (κ2) is 11.4. The van der Waals surface area contributed by atoms with Gasteiger partial charge in [-0.05, 0) is 47.3 Å². The quantitative estimate of drug-likeness (QED) is 0.145. The van der Waals surface area contributed by atoms with Crippen molar-refractivity contribution in [1.29, 1.82) is 0 Å². The summed E-state index contributed by atoms with van der Waals surface area (Å²) in [5.41, 5.74) is 1.12. The molecule has 0 atom stereocenters. The molecule has 2 heterocycles. The molecule has 0 saturated heterocycles. The molecule has 5 rings (SSSR count). The van der Waals surface area contributed by atoms with Gasteiger partial charge in [-0.15, -0.1) is 10.2 Å². The van der Waals surface area contributed by atoms with E-state index in [1.165, 1.54) is 48.6 Å². The van der Waals surface area contributed by atoms with Crippen molar-refractivity contribution in [2.24, 2.45) is 10.2 Å². The number of aliphatic hydroxyl groups is 1. The van der Waals surface area contributed by atoms with Crippen molar-refractivity contribution >= 4 is 45.5 Å². The van der Waals surface area contributed by atoms with Crippen LogP contribution in [0.2, 0.25) is 0 Å². The number of benzene rings is 3. The van der Waals surface area contributed by atoms with E-state index in [1.807, 2.05) is 0 Å². The van der Waals surface area contributed by atoms with Crippen molar-refractivity contribution in [3.05, 3.63) is 101 Å². The summed E-state index contributed by atoms with van der Waals surface area (Å²) in [7, 11) is 1.25. The van der Waals surface area contributed by atoms with Gasteiger partial charge in [-0.25, -0.2) is 19.6 Å². The molecule has 202 valence electrons.